The average Bonchev–Trinajstić information content (AvgIpc) is 2.45. The number of halogens is 1. The highest BCUT2D eigenvalue weighted by Crippen LogP contribution is 2.21. The van der Waals surface area contributed by atoms with E-state index in [2.05, 4.69) is 5.32 Å². The summed E-state index contributed by atoms with van der Waals surface area (Å²) in [7, 11) is 1.91. The maximum Gasteiger partial charge on any atom is 0.0932 e. The van der Waals surface area contributed by atoms with Crippen molar-refractivity contribution in [3.63, 3.8) is 0 Å². The maximum absolute atomic E-state index is 5.75. The number of likely N-dealkylation sites (N-methyl/N-ethyl adjacent to an activating group) is 1. The van der Waals surface area contributed by atoms with Gasteiger partial charge in [-0.25, -0.2) is 0 Å². The molecule has 0 atom stereocenters. The molecule has 1 heterocycles. The number of ether oxygens (including phenoxy) is 1. The van der Waals surface area contributed by atoms with Crippen LogP contribution in [0.5, 0.6) is 0 Å². The van der Waals surface area contributed by atoms with Crippen molar-refractivity contribution in [3.8, 4) is 0 Å². The molecule has 0 bridgehead atoms. The van der Waals surface area contributed by atoms with Gasteiger partial charge >= 0.3 is 0 Å². The summed E-state index contributed by atoms with van der Waals surface area (Å²) in [6.45, 7) is 2.30. The average molecular weight is 206 g/mol. The third kappa shape index (κ3) is 3.54. The molecule has 1 rings (SSSR count). The molecule has 1 aromatic rings. The number of nitrogens with one attached hydrogen (secondary N) is 1. The van der Waals surface area contributed by atoms with Crippen LogP contribution in [0.25, 0.3) is 0 Å². The van der Waals surface area contributed by atoms with Crippen LogP contribution in [0.1, 0.15) is 4.88 Å². The van der Waals surface area contributed by atoms with E-state index in [-0.39, 0.29) is 0 Å². The van der Waals surface area contributed by atoms with Crippen LogP contribution in [0.4, 0.5) is 0 Å². The minimum Gasteiger partial charge on any atom is -0.375 e. The normalized spacial score (nSPS) is 10.5. The first-order chi connectivity index (χ1) is 5.83. The quantitative estimate of drug-likeness (QED) is 0.744. The Morgan fingerprint density at radius 1 is 1.58 bits per heavy atom. The Hall–Kier alpha value is -0.0900. The molecule has 4 heteroatoms. The van der Waals surface area contributed by atoms with E-state index in [1.54, 1.807) is 11.3 Å². The fraction of sp³-hybridized carbons (Fsp3) is 0.500. The Labute approximate surface area is 81.5 Å². The summed E-state index contributed by atoms with van der Waals surface area (Å²) in [5.74, 6) is 0. The van der Waals surface area contributed by atoms with Gasteiger partial charge in [-0.05, 0) is 19.2 Å². The van der Waals surface area contributed by atoms with Gasteiger partial charge in [0.05, 0.1) is 17.6 Å². The number of hydrogen-bond donors (Lipinski definition) is 1. The highest BCUT2D eigenvalue weighted by atomic mass is 35.5. The second kappa shape index (κ2) is 5.54. The molecule has 0 spiro atoms. The minimum absolute atomic E-state index is 0.666. The third-order valence-electron chi connectivity index (χ3n) is 1.37. The molecule has 0 aliphatic carbocycles. The predicted octanol–water partition coefficient (Wildman–Crippen LogP) is 2.14. The Morgan fingerprint density at radius 3 is 3.00 bits per heavy atom. The van der Waals surface area contributed by atoms with Crippen LogP contribution in [-0.2, 0) is 11.3 Å². The zero-order valence-electron chi connectivity index (χ0n) is 6.97. The predicted molar refractivity (Wildman–Crippen MR) is 52.9 cm³/mol. The number of hydrogen-bond acceptors (Lipinski definition) is 3. The zero-order valence-corrected chi connectivity index (χ0v) is 8.54. The molecule has 0 aromatic carbocycles. The van der Waals surface area contributed by atoms with Gasteiger partial charge in [-0.1, -0.05) is 11.6 Å². The van der Waals surface area contributed by atoms with Crippen LogP contribution in [0.15, 0.2) is 12.1 Å². The van der Waals surface area contributed by atoms with Gasteiger partial charge in [0.15, 0.2) is 0 Å². The summed E-state index contributed by atoms with van der Waals surface area (Å²) in [5, 5.41) is 3.01. The number of thiophene rings is 1. The lowest BCUT2D eigenvalue weighted by molar-refractivity contribution is 0.126. The molecule has 0 amide bonds. The molecule has 0 saturated heterocycles. The Bertz CT molecular complexity index is 227. The first-order valence-electron chi connectivity index (χ1n) is 3.79. The maximum atomic E-state index is 5.75. The van der Waals surface area contributed by atoms with Gasteiger partial charge in [-0.2, -0.15) is 0 Å². The van der Waals surface area contributed by atoms with Crippen molar-refractivity contribution in [2.24, 2.45) is 0 Å². The summed E-state index contributed by atoms with van der Waals surface area (Å²) in [6.07, 6.45) is 0. The molecule has 68 valence electrons. The van der Waals surface area contributed by atoms with E-state index in [0.29, 0.717) is 6.61 Å². The molecule has 1 N–H and O–H groups in total. The molecule has 1 aromatic heterocycles. The molecule has 2 nitrogen and oxygen atoms in total. The lowest BCUT2D eigenvalue weighted by atomic mass is 10.5. The molecule has 0 radical (unpaired) electrons. The van der Waals surface area contributed by atoms with Crippen LogP contribution in [-0.4, -0.2) is 20.2 Å². The zero-order chi connectivity index (χ0) is 8.81. The van der Waals surface area contributed by atoms with Crippen LogP contribution in [0.2, 0.25) is 4.34 Å². The summed E-state index contributed by atoms with van der Waals surface area (Å²) < 4.78 is 6.18. The van der Waals surface area contributed by atoms with Gasteiger partial charge in [-0.15, -0.1) is 11.3 Å². The molecular formula is C8H12ClNOS. The third-order valence-corrected chi connectivity index (χ3v) is 2.57. The molecular weight excluding hydrogens is 194 g/mol. The van der Waals surface area contributed by atoms with E-state index in [9.17, 15) is 0 Å². The lowest BCUT2D eigenvalue weighted by Gasteiger charge is -2.00. The van der Waals surface area contributed by atoms with E-state index in [0.717, 1.165) is 17.5 Å². The van der Waals surface area contributed by atoms with Gasteiger partial charge in [0.2, 0.25) is 0 Å². The topological polar surface area (TPSA) is 21.3 Å². The van der Waals surface area contributed by atoms with Crippen molar-refractivity contribution in [1.82, 2.24) is 5.32 Å². The second-order valence-electron chi connectivity index (χ2n) is 2.36. The fourth-order valence-electron chi connectivity index (χ4n) is 0.776. The first-order valence-corrected chi connectivity index (χ1v) is 4.99. The summed E-state index contributed by atoms with van der Waals surface area (Å²) in [6, 6.07) is 3.88. The van der Waals surface area contributed by atoms with Crippen LogP contribution >= 0.6 is 22.9 Å². The lowest BCUT2D eigenvalue weighted by Crippen LogP contribution is -2.13. The Morgan fingerprint density at radius 2 is 2.42 bits per heavy atom. The van der Waals surface area contributed by atoms with Crippen molar-refractivity contribution in [3.05, 3.63) is 21.3 Å². The van der Waals surface area contributed by atoms with E-state index >= 15 is 0 Å². The van der Waals surface area contributed by atoms with Gasteiger partial charge in [0.1, 0.15) is 0 Å². The van der Waals surface area contributed by atoms with Crippen molar-refractivity contribution >= 4 is 22.9 Å². The van der Waals surface area contributed by atoms with Gasteiger partial charge in [0.25, 0.3) is 0 Å². The summed E-state index contributed by atoms with van der Waals surface area (Å²) >= 11 is 7.32. The van der Waals surface area contributed by atoms with E-state index < -0.39 is 0 Å². The highest BCUT2D eigenvalue weighted by molar-refractivity contribution is 7.16. The highest BCUT2D eigenvalue weighted by Gasteiger charge is 1.96. The Kier molecular flexibility index (Phi) is 4.61. The largest absolute Gasteiger partial charge is 0.375 e. The van der Waals surface area contributed by atoms with Crippen LogP contribution < -0.4 is 5.32 Å². The van der Waals surface area contributed by atoms with E-state index in [1.165, 1.54) is 4.88 Å². The Balaban J connectivity index is 2.15. The molecule has 0 unspecified atom stereocenters. The minimum atomic E-state index is 0.666. The van der Waals surface area contributed by atoms with Gasteiger partial charge in [0, 0.05) is 11.4 Å². The molecule has 0 aliphatic heterocycles. The van der Waals surface area contributed by atoms with Crippen molar-refractivity contribution < 1.29 is 4.74 Å². The second-order valence-corrected chi connectivity index (χ2v) is 4.16. The molecule has 0 aliphatic rings. The standard InChI is InChI=1S/C8H12ClNOS/c1-10-4-5-11-6-7-2-3-8(9)12-7/h2-3,10H,4-6H2,1H3. The first kappa shape index (κ1) is 9.99. The number of rotatable bonds is 5. The smallest absolute Gasteiger partial charge is 0.0932 e. The fourth-order valence-corrected chi connectivity index (χ4v) is 1.80. The monoisotopic (exact) mass is 205 g/mol. The molecule has 0 fully saturated rings. The molecule has 0 saturated carbocycles. The SMILES string of the molecule is CNCCOCc1ccc(Cl)s1. The van der Waals surface area contributed by atoms with Crippen molar-refractivity contribution in [2.75, 3.05) is 20.2 Å². The van der Waals surface area contributed by atoms with Crippen LogP contribution in [0, 0.1) is 0 Å². The summed E-state index contributed by atoms with van der Waals surface area (Å²) in [5.41, 5.74) is 0. The molecule has 12 heavy (non-hydrogen) atoms. The summed E-state index contributed by atoms with van der Waals surface area (Å²) in [4.78, 5) is 1.18. The van der Waals surface area contributed by atoms with E-state index in [1.807, 2.05) is 19.2 Å². The van der Waals surface area contributed by atoms with Gasteiger partial charge in [-0.3, -0.25) is 0 Å². The van der Waals surface area contributed by atoms with Gasteiger partial charge < -0.3 is 10.1 Å². The van der Waals surface area contributed by atoms with Crippen LogP contribution in [0.3, 0.4) is 0 Å². The van der Waals surface area contributed by atoms with E-state index in [4.69, 9.17) is 16.3 Å². The van der Waals surface area contributed by atoms with Crippen molar-refractivity contribution in [2.45, 2.75) is 6.61 Å². The van der Waals surface area contributed by atoms with Crippen molar-refractivity contribution in [1.29, 1.82) is 0 Å².